The van der Waals surface area contributed by atoms with Gasteiger partial charge in [0, 0.05) is 10.4 Å². The van der Waals surface area contributed by atoms with Crippen LogP contribution in [0.1, 0.15) is 36.6 Å². The summed E-state index contributed by atoms with van der Waals surface area (Å²) in [5.74, 6) is 3.29. The van der Waals surface area contributed by atoms with Crippen LogP contribution in [0.2, 0.25) is 0 Å². The maximum Gasteiger partial charge on any atom is 0.123 e. The first-order chi connectivity index (χ1) is 8.67. The molecule has 0 heterocycles. The number of ether oxygens (including phenoxy) is 2. The quantitative estimate of drug-likeness (QED) is 0.758. The van der Waals surface area contributed by atoms with Gasteiger partial charge in [-0.05, 0) is 36.5 Å². The smallest absolute Gasteiger partial charge is 0.123 e. The second-order valence-corrected chi connectivity index (χ2v) is 6.07. The van der Waals surface area contributed by atoms with Crippen molar-refractivity contribution in [3.63, 3.8) is 0 Å². The van der Waals surface area contributed by atoms with Gasteiger partial charge in [-0.15, -0.1) is 0 Å². The minimum absolute atomic E-state index is 0.347. The zero-order valence-electron chi connectivity index (χ0n) is 11.3. The zero-order valence-corrected chi connectivity index (χ0v) is 12.9. The largest absolute Gasteiger partial charge is 0.497 e. The minimum Gasteiger partial charge on any atom is -0.497 e. The number of halogens is 1. The lowest BCUT2D eigenvalue weighted by molar-refractivity contribution is 0.378. The maximum absolute atomic E-state index is 5.48. The van der Waals surface area contributed by atoms with Crippen LogP contribution in [0.15, 0.2) is 18.2 Å². The molecular weight excluding hydrogens is 292 g/mol. The van der Waals surface area contributed by atoms with Crippen LogP contribution in [0.3, 0.4) is 0 Å². The summed E-state index contributed by atoms with van der Waals surface area (Å²) in [6.45, 7) is 2.35. The third-order valence-electron chi connectivity index (χ3n) is 4.04. The van der Waals surface area contributed by atoms with Crippen LogP contribution in [0, 0.1) is 11.8 Å². The Kier molecular flexibility index (Phi) is 4.55. The van der Waals surface area contributed by atoms with Crippen molar-refractivity contribution < 1.29 is 9.47 Å². The van der Waals surface area contributed by atoms with E-state index in [1.54, 1.807) is 14.2 Å². The monoisotopic (exact) mass is 312 g/mol. The molecule has 0 spiro atoms. The van der Waals surface area contributed by atoms with E-state index in [1.165, 1.54) is 24.8 Å². The van der Waals surface area contributed by atoms with Gasteiger partial charge in [-0.1, -0.05) is 35.7 Å². The number of hydrogen-bond acceptors (Lipinski definition) is 2. The molecule has 1 aromatic rings. The number of hydrogen-bond donors (Lipinski definition) is 0. The Bertz CT molecular complexity index is 405. The first kappa shape index (κ1) is 13.7. The summed E-state index contributed by atoms with van der Waals surface area (Å²) in [4.78, 5) is 0.347. The molecule has 2 rings (SSSR count). The van der Waals surface area contributed by atoms with Crippen LogP contribution in [-0.4, -0.2) is 14.2 Å². The Labute approximate surface area is 118 Å². The Hall–Kier alpha value is -0.700. The van der Waals surface area contributed by atoms with E-state index in [0.717, 1.165) is 17.4 Å². The second-order valence-electron chi connectivity index (χ2n) is 5.08. The summed E-state index contributed by atoms with van der Waals surface area (Å²) >= 11 is 3.87. The van der Waals surface area contributed by atoms with Crippen molar-refractivity contribution in [3.8, 4) is 11.5 Å². The highest BCUT2D eigenvalue weighted by Crippen LogP contribution is 2.47. The van der Waals surface area contributed by atoms with Crippen LogP contribution < -0.4 is 9.47 Å². The van der Waals surface area contributed by atoms with Gasteiger partial charge < -0.3 is 9.47 Å². The first-order valence-electron chi connectivity index (χ1n) is 6.53. The predicted octanol–water partition coefficient (Wildman–Crippen LogP) is 4.58. The molecule has 0 amide bonds. The molecule has 0 radical (unpaired) electrons. The topological polar surface area (TPSA) is 18.5 Å². The molecule has 0 N–H and O–H groups in total. The lowest BCUT2D eigenvalue weighted by Gasteiger charge is -2.24. The Morgan fingerprint density at radius 3 is 2.56 bits per heavy atom. The summed E-state index contributed by atoms with van der Waals surface area (Å²) in [5, 5.41) is 0. The third-order valence-corrected chi connectivity index (χ3v) is 5.21. The van der Waals surface area contributed by atoms with Gasteiger partial charge in [0.05, 0.1) is 14.2 Å². The minimum atomic E-state index is 0.347. The Morgan fingerprint density at radius 2 is 2.00 bits per heavy atom. The number of rotatable bonds is 4. The summed E-state index contributed by atoms with van der Waals surface area (Å²) < 4.78 is 10.8. The first-order valence-corrected chi connectivity index (χ1v) is 7.45. The van der Waals surface area contributed by atoms with Gasteiger partial charge in [0.25, 0.3) is 0 Å². The average molecular weight is 313 g/mol. The molecule has 3 atom stereocenters. The number of alkyl halides is 1. The molecule has 100 valence electrons. The molecule has 1 aliphatic carbocycles. The highest BCUT2D eigenvalue weighted by molar-refractivity contribution is 9.09. The standard InChI is InChI=1S/C15H21BrO2/c1-10-5-4-6-12(10)15(16)13-9-11(17-2)7-8-14(13)18-3/h7-10,12,15H,4-6H2,1-3H3. The Balaban J connectivity index is 2.29. The average Bonchev–Trinajstić information content (AvgIpc) is 2.83. The molecule has 1 aromatic carbocycles. The summed E-state index contributed by atoms with van der Waals surface area (Å²) in [6.07, 6.45) is 3.96. The van der Waals surface area contributed by atoms with E-state index in [0.29, 0.717) is 10.7 Å². The molecule has 1 fully saturated rings. The summed E-state index contributed by atoms with van der Waals surface area (Å²) in [5.41, 5.74) is 1.20. The normalized spacial score (nSPS) is 24.9. The molecule has 0 aliphatic heterocycles. The van der Waals surface area contributed by atoms with E-state index in [-0.39, 0.29) is 0 Å². The van der Waals surface area contributed by atoms with Crippen LogP contribution in [0.25, 0.3) is 0 Å². The molecule has 1 saturated carbocycles. The summed E-state index contributed by atoms with van der Waals surface area (Å²) in [6, 6.07) is 6.02. The molecule has 0 aromatic heterocycles. The van der Waals surface area contributed by atoms with Crippen LogP contribution in [0.5, 0.6) is 11.5 Å². The molecule has 18 heavy (non-hydrogen) atoms. The van der Waals surface area contributed by atoms with E-state index >= 15 is 0 Å². The van der Waals surface area contributed by atoms with Crippen molar-refractivity contribution in [1.82, 2.24) is 0 Å². The van der Waals surface area contributed by atoms with Crippen LogP contribution in [0.4, 0.5) is 0 Å². The third kappa shape index (κ3) is 2.66. The Morgan fingerprint density at radius 1 is 1.22 bits per heavy atom. The lowest BCUT2D eigenvalue weighted by Crippen LogP contribution is -2.11. The highest BCUT2D eigenvalue weighted by atomic mass is 79.9. The van der Waals surface area contributed by atoms with Crippen molar-refractivity contribution in [2.75, 3.05) is 14.2 Å². The number of benzene rings is 1. The van der Waals surface area contributed by atoms with Crippen molar-refractivity contribution >= 4 is 15.9 Å². The fourth-order valence-electron chi connectivity index (χ4n) is 2.89. The molecular formula is C15H21BrO2. The fraction of sp³-hybridized carbons (Fsp3) is 0.600. The lowest BCUT2D eigenvalue weighted by atomic mass is 9.90. The van der Waals surface area contributed by atoms with Crippen molar-refractivity contribution in [2.45, 2.75) is 31.0 Å². The highest BCUT2D eigenvalue weighted by Gasteiger charge is 2.31. The van der Waals surface area contributed by atoms with Gasteiger partial charge in [0.15, 0.2) is 0 Å². The van der Waals surface area contributed by atoms with Gasteiger partial charge in [0.2, 0.25) is 0 Å². The van der Waals surface area contributed by atoms with Gasteiger partial charge in [-0.25, -0.2) is 0 Å². The molecule has 1 aliphatic rings. The van der Waals surface area contributed by atoms with Crippen LogP contribution >= 0.6 is 15.9 Å². The molecule has 0 bridgehead atoms. The SMILES string of the molecule is COc1ccc(OC)c(C(Br)C2CCCC2C)c1. The fourth-order valence-corrected chi connectivity index (χ4v) is 4.04. The second kappa shape index (κ2) is 5.96. The van der Waals surface area contributed by atoms with E-state index in [4.69, 9.17) is 9.47 Å². The van der Waals surface area contributed by atoms with Crippen molar-refractivity contribution in [1.29, 1.82) is 0 Å². The van der Waals surface area contributed by atoms with Gasteiger partial charge in [-0.3, -0.25) is 0 Å². The van der Waals surface area contributed by atoms with E-state index in [9.17, 15) is 0 Å². The maximum atomic E-state index is 5.48. The number of methoxy groups -OCH3 is 2. The molecule has 0 saturated heterocycles. The summed E-state index contributed by atoms with van der Waals surface area (Å²) in [7, 11) is 3.43. The van der Waals surface area contributed by atoms with Gasteiger partial charge >= 0.3 is 0 Å². The van der Waals surface area contributed by atoms with E-state index in [2.05, 4.69) is 28.9 Å². The molecule has 2 nitrogen and oxygen atoms in total. The predicted molar refractivity (Wildman–Crippen MR) is 77.7 cm³/mol. The molecule has 3 unspecified atom stereocenters. The van der Waals surface area contributed by atoms with E-state index < -0.39 is 0 Å². The van der Waals surface area contributed by atoms with E-state index in [1.807, 2.05) is 12.1 Å². The zero-order chi connectivity index (χ0) is 13.1. The van der Waals surface area contributed by atoms with Crippen molar-refractivity contribution in [2.24, 2.45) is 11.8 Å². The molecule has 3 heteroatoms. The van der Waals surface area contributed by atoms with Crippen LogP contribution in [-0.2, 0) is 0 Å². The van der Waals surface area contributed by atoms with Crippen molar-refractivity contribution in [3.05, 3.63) is 23.8 Å². The van der Waals surface area contributed by atoms with Gasteiger partial charge in [0.1, 0.15) is 11.5 Å². The van der Waals surface area contributed by atoms with Gasteiger partial charge in [-0.2, -0.15) is 0 Å².